The first-order chi connectivity index (χ1) is 9.53. The fourth-order valence-electron chi connectivity index (χ4n) is 4.89. The molecule has 2 saturated carbocycles. The summed E-state index contributed by atoms with van der Waals surface area (Å²) in [6.45, 7) is 10.0. The average Bonchev–Trinajstić information content (AvgIpc) is 3.19. The molecule has 116 valence electrons. The Labute approximate surface area is 125 Å². The second-order valence-electron chi connectivity index (χ2n) is 8.64. The topological polar surface area (TPSA) is 15.3 Å². The zero-order chi connectivity index (χ0) is 14.2. The van der Waals surface area contributed by atoms with E-state index in [0.29, 0.717) is 5.41 Å². The fourth-order valence-corrected chi connectivity index (χ4v) is 4.89. The summed E-state index contributed by atoms with van der Waals surface area (Å²) in [4.78, 5) is 2.92. The second kappa shape index (κ2) is 5.96. The molecule has 0 bridgehead atoms. The maximum absolute atomic E-state index is 3.76. The molecular weight excluding hydrogens is 244 g/mol. The molecule has 3 rings (SSSR count). The second-order valence-corrected chi connectivity index (χ2v) is 8.64. The minimum atomic E-state index is 0.551. The Morgan fingerprint density at radius 1 is 1.05 bits per heavy atom. The van der Waals surface area contributed by atoms with Gasteiger partial charge in [-0.1, -0.05) is 27.2 Å². The zero-order valence-electron chi connectivity index (χ0n) is 13.8. The van der Waals surface area contributed by atoms with E-state index < -0.39 is 0 Å². The van der Waals surface area contributed by atoms with Crippen molar-refractivity contribution in [3.63, 3.8) is 0 Å². The summed E-state index contributed by atoms with van der Waals surface area (Å²) in [6, 6.07) is 2.54. The van der Waals surface area contributed by atoms with Crippen molar-refractivity contribution in [3.05, 3.63) is 0 Å². The first-order valence-electron chi connectivity index (χ1n) is 9.03. The third-order valence-corrected chi connectivity index (χ3v) is 5.69. The number of nitrogens with one attached hydrogen (secondary N) is 1. The lowest BCUT2D eigenvalue weighted by molar-refractivity contribution is 0.0529. The molecular formula is C18H34N2. The number of hydrogen-bond acceptors (Lipinski definition) is 2. The van der Waals surface area contributed by atoms with Gasteiger partial charge in [0, 0.05) is 24.7 Å². The van der Waals surface area contributed by atoms with Gasteiger partial charge < -0.3 is 5.32 Å². The van der Waals surface area contributed by atoms with E-state index in [0.717, 1.165) is 24.0 Å². The highest BCUT2D eigenvalue weighted by atomic mass is 15.2. The summed E-state index contributed by atoms with van der Waals surface area (Å²) < 4.78 is 0. The summed E-state index contributed by atoms with van der Waals surface area (Å²) in [5.74, 6) is 0.907. The minimum absolute atomic E-state index is 0.551. The number of piperidine rings is 1. The van der Waals surface area contributed by atoms with Gasteiger partial charge in [0.15, 0.2) is 0 Å². The smallest absolute Gasteiger partial charge is 0.0195 e. The van der Waals surface area contributed by atoms with Crippen molar-refractivity contribution < 1.29 is 0 Å². The Morgan fingerprint density at radius 2 is 1.85 bits per heavy atom. The lowest BCUT2D eigenvalue weighted by Gasteiger charge is -2.45. The lowest BCUT2D eigenvalue weighted by atomic mass is 9.70. The molecule has 2 nitrogen and oxygen atoms in total. The predicted octanol–water partition coefficient (Wildman–Crippen LogP) is 3.81. The first kappa shape index (κ1) is 14.8. The Hall–Kier alpha value is -0.0800. The van der Waals surface area contributed by atoms with Crippen LogP contribution in [0.2, 0.25) is 0 Å². The molecule has 0 aromatic rings. The Bertz CT molecular complexity index is 315. The summed E-state index contributed by atoms with van der Waals surface area (Å²) in [5, 5.41) is 3.76. The Morgan fingerprint density at radius 3 is 2.45 bits per heavy atom. The summed E-state index contributed by atoms with van der Waals surface area (Å²) in [5.41, 5.74) is 0.551. The third-order valence-electron chi connectivity index (χ3n) is 5.69. The van der Waals surface area contributed by atoms with Crippen LogP contribution >= 0.6 is 0 Å². The van der Waals surface area contributed by atoms with Gasteiger partial charge in [0.05, 0.1) is 0 Å². The van der Waals surface area contributed by atoms with Gasteiger partial charge in [-0.2, -0.15) is 0 Å². The van der Waals surface area contributed by atoms with Gasteiger partial charge in [0.2, 0.25) is 0 Å². The molecule has 0 radical (unpaired) electrons. The van der Waals surface area contributed by atoms with Crippen LogP contribution in [0.5, 0.6) is 0 Å². The summed E-state index contributed by atoms with van der Waals surface area (Å²) in [6.07, 6.45) is 11.4. The minimum Gasteiger partial charge on any atom is -0.313 e. The van der Waals surface area contributed by atoms with E-state index in [9.17, 15) is 0 Å². The van der Waals surface area contributed by atoms with E-state index in [4.69, 9.17) is 0 Å². The van der Waals surface area contributed by atoms with Gasteiger partial charge in [-0.15, -0.1) is 0 Å². The van der Waals surface area contributed by atoms with Crippen LogP contribution in [0.1, 0.15) is 72.1 Å². The van der Waals surface area contributed by atoms with Crippen LogP contribution in [0, 0.1) is 11.3 Å². The molecule has 2 heteroatoms. The highest BCUT2D eigenvalue weighted by Gasteiger charge is 2.40. The molecule has 0 amide bonds. The van der Waals surface area contributed by atoms with Crippen molar-refractivity contribution in [2.24, 2.45) is 11.3 Å². The third kappa shape index (κ3) is 3.76. The highest BCUT2D eigenvalue weighted by Crippen LogP contribution is 2.43. The van der Waals surface area contributed by atoms with Gasteiger partial charge in [-0.25, -0.2) is 0 Å². The van der Waals surface area contributed by atoms with Gasteiger partial charge in [-0.3, -0.25) is 4.90 Å². The maximum Gasteiger partial charge on any atom is 0.0195 e. The lowest BCUT2D eigenvalue weighted by Crippen LogP contribution is -2.51. The molecule has 3 unspecified atom stereocenters. The molecule has 20 heavy (non-hydrogen) atoms. The van der Waals surface area contributed by atoms with Crippen molar-refractivity contribution in [1.82, 2.24) is 10.2 Å². The van der Waals surface area contributed by atoms with Gasteiger partial charge in [0.1, 0.15) is 0 Å². The molecule has 1 aliphatic heterocycles. The quantitative estimate of drug-likeness (QED) is 0.841. The van der Waals surface area contributed by atoms with E-state index in [2.05, 4.69) is 31.0 Å². The zero-order valence-corrected chi connectivity index (χ0v) is 13.8. The van der Waals surface area contributed by atoms with Gasteiger partial charge >= 0.3 is 0 Å². The number of nitrogens with zero attached hydrogens (tertiary/aromatic N) is 1. The Balaban J connectivity index is 1.63. The molecule has 1 heterocycles. The molecule has 1 N–H and O–H groups in total. The highest BCUT2D eigenvalue weighted by molar-refractivity contribution is 4.96. The van der Waals surface area contributed by atoms with Crippen LogP contribution < -0.4 is 5.32 Å². The van der Waals surface area contributed by atoms with Crippen molar-refractivity contribution in [3.8, 4) is 0 Å². The Kier molecular flexibility index (Phi) is 4.42. The normalized spacial score (nSPS) is 38.1. The standard InChI is InChI=1S/C18H34N2/c1-14-10-17(12-18(2,3)11-14)20(16-7-8-16)13-15-6-4-5-9-19-15/h14-17,19H,4-13H2,1-3H3. The predicted molar refractivity (Wildman–Crippen MR) is 86.0 cm³/mol. The van der Waals surface area contributed by atoms with E-state index in [-0.39, 0.29) is 0 Å². The molecule has 3 atom stereocenters. The molecule has 3 fully saturated rings. The van der Waals surface area contributed by atoms with Crippen LogP contribution in [-0.2, 0) is 0 Å². The van der Waals surface area contributed by atoms with Crippen LogP contribution in [0.4, 0.5) is 0 Å². The van der Waals surface area contributed by atoms with Crippen molar-refractivity contribution >= 4 is 0 Å². The van der Waals surface area contributed by atoms with Crippen LogP contribution in [-0.4, -0.2) is 36.1 Å². The van der Waals surface area contributed by atoms with Crippen molar-refractivity contribution in [1.29, 1.82) is 0 Å². The molecule has 1 saturated heterocycles. The molecule has 3 aliphatic rings. The van der Waals surface area contributed by atoms with E-state index in [1.165, 1.54) is 64.5 Å². The fraction of sp³-hybridized carbons (Fsp3) is 1.00. The summed E-state index contributed by atoms with van der Waals surface area (Å²) in [7, 11) is 0. The largest absolute Gasteiger partial charge is 0.313 e. The van der Waals surface area contributed by atoms with Crippen LogP contribution in [0.25, 0.3) is 0 Å². The SMILES string of the molecule is CC1CC(N(CC2CCCCN2)C2CC2)CC(C)(C)C1. The summed E-state index contributed by atoms with van der Waals surface area (Å²) >= 11 is 0. The molecule has 0 aromatic carbocycles. The van der Waals surface area contributed by atoms with Crippen LogP contribution in [0.15, 0.2) is 0 Å². The first-order valence-corrected chi connectivity index (χ1v) is 9.03. The van der Waals surface area contributed by atoms with Gasteiger partial charge in [-0.05, 0) is 62.8 Å². The van der Waals surface area contributed by atoms with E-state index >= 15 is 0 Å². The molecule has 0 spiro atoms. The van der Waals surface area contributed by atoms with Gasteiger partial charge in [0.25, 0.3) is 0 Å². The van der Waals surface area contributed by atoms with E-state index in [1.807, 2.05) is 0 Å². The molecule has 0 aromatic heterocycles. The van der Waals surface area contributed by atoms with Crippen LogP contribution in [0.3, 0.4) is 0 Å². The maximum atomic E-state index is 3.76. The van der Waals surface area contributed by atoms with Crippen molar-refractivity contribution in [2.75, 3.05) is 13.1 Å². The number of hydrogen-bond donors (Lipinski definition) is 1. The molecule has 2 aliphatic carbocycles. The van der Waals surface area contributed by atoms with Crippen molar-refractivity contribution in [2.45, 2.75) is 90.3 Å². The number of rotatable bonds is 4. The van der Waals surface area contributed by atoms with E-state index in [1.54, 1.807) is 0 Å². The average molecular weight is 278 g/mol. The monoisotopic (exact) mass is 278 g/mol.